The first-order valence-electron chi connectivity index (χ1n) is 6.37. The Hall–Kier alpha value is -3.46. The highest BCUT2D eigenvalue weighted by Gasteiger charge is 2.10. The average Bonchev–Trinajstić information content (AvgIpc) is 3.03. The number of hydrogen-bond acceptors (Lipinski definition) is 5. The quantitative estimate of drug-likeness (QED) is 0.683. The Labute approximate surface area is 137 Å². The van der Waals surface area contributed by atoms with Crippen molar-refractivity contribution in [1.82, 2.24) is 0 Å². The van der Waals surface area contributed by atoms with Crippen LogP contribution in [0.3, 0.4) is 0 Å². The number of allylic oxidation sites excluding steroid dienone is 2. The van der Waals surface area contributed by atoms with E-state index in [4.69, 9.17) is 37.5 Å². The van der Waals surface area contributed by atoms with E-state index in [-0.39, 0.29) is 16.8 Å². The van der Waals surface area contributed by atoms with Crippen molar-refractivity contribution in [3.63, 3.8) is 0 Å². The molecule has 6 heteroatoms. The van der Waals surface area contributed by atoms with Gasteiger partial charge in [-0.1, -0.05) is 11.6 Å². The van der Waals surface area contributed by atoms with Gasteiger partial charge in [0.25, 0.3) is 0 Å². The molecule has 5 nitrogen and oxygen atoms in total. The molecule has 1 aromatic heterocycles. The molecule has 0 radical (unpaired) electrons. The molecule has 0 saturated carbocycles. The van der Waals surface area contributed by atoms with Crippen LogP contribution in [0.1, 0.15) is 5.76 Å². The van der Waals surface area contributed by atoms with Gasteiger partial charge in [-0.05, 0) is 36.4 Å². The molecule has 0 aliphatic heterocycles. The molecule has 0 atom stereocenters. The fourth-order valence-corrected chi connectivity index (χ4v) is 1.92. The summed E-state index contributed by atoms with van der Waals surface area (Å²) in [4.78, 5) is 0. The number of halogens is 1. The second-order valence-corrected chi connectivity index (χ2v) is 4.83. The minimum Gasteiger partial charge on any atom is -0.457 e. The highest BCUT2D eigenvalue weighted by Crippen LogP contribution is 2.25. The van der Waals surface area contributed by atoms with Crippen molar-refractivity contribution in [2.45, 2.75) is 0 Å². The lowest BCUT2D eigenvalue weighted by Crippen LogP contribution is -2.03. The van der Waals surface area contributed by atoms with E-state index in [0.717, 1.165) is 5.56 Å². The van der Waals surface area contributed by atoms with Crippen LogP contribution in [0, 0.1) is 34.0 Å². The Morgan fingerprint density at radius 2 is 1.65 bits per heavy atom. The molecule has 110 valence electrons. The summed E-state index contributed by atoms with van der Waals surface area (Å²) in [6.45, 7) is 0. The lowest BCUT2D eigenvalue weighted by molar-refractivity contribution is 0.571. The van der Waals surface area contributed by atoms with Crippen LogP contribution in [0.2, 0.25) is 5.02 Å². The topological polar surface area (TPSA) is 111 Å². The molecule has 1 aromatic carbocycles. The molecule has 0 aliphatic carbocycles. The lowest BCUT2D eigenvalue weighted by Gasteiger charge is -1.98. The molecule has 23 heavy (non-hydrogen) atoms. The third-order valence-corrected chi connectivity index (χ3v) is 3.20. The van der Waals surface area contributed by atoms with E-state index in [0.29, 0.717) is 16.5 Å². The van der Waals surface area contributed by atoms with E-state index in [2.05, 4.69) is 0 Å². The van der Waals surface area contributed by atoms with Crippen LogP contribution in [0.15, 0.2) is 57.7 Å². The first-order valence-corrected chi connectivity index (χ1v) is 6.74. The van der Waals surface area contributed by atoms with Gasteiger partial charge in [0.1, 0.15) is 29.7 Å². The van der Waals surface area contributed by atoms with Crippen molar-refractivity contribution in [3.8, 4) is 29.5 Å². The molecule has 0 amide bonds. The molecule has 0 unspecified atom stereocenters. The number of rotatable bonds is 3. The maximum atomic E-state index is 9.14. The first-order chi connectivity index (χ1) is 11.1. The molecule has 1 heterocycles. The summed E-state index contributed by atoms with van der Waals surface area (Å²) >= 11 is 5.84. The molecule has 0 saturated heterocycles. The van der Waals surface area contributed by atoms with E-state index in [1.807, 2.05) is 6.07 Å². The predicted molar refractivity (Wildman–Crippen MR) is 85.2 cm³/mol. The molecule has 2 aromatic rings. The number of benzene rings is 1. The zero-order valence-corrected chi connectivity index (χ0v) is 12.5. The zero-order chi connectivity index (χ0) is 16.8. The second-order valence-electron chi connectivity index (χ2n) is 4.39. The van der Waals surface area contributed by atoms with Crippen LogP contribution in [0.4, 0.5) is 0 Å². The van der Waals surface area contributed by atoms with Crippen molar-refractivity contribution >= 4 is 17.7 Å². The Bertz CT molecular complexity index is 899. The van der Waals surface area contributed by atoms with Gasteiger partial charge >= 0.3 is 0 Å². The van der Waals surface area contributed by atoms with Crippen LogP contribution in [-0.4, -0.2) is 0 Å². The second kappa shape index (κ2) is 7.00. The summed E-state index contributed by atoms with van der Waals surface area (Å²) in [6, 6.07) is 15.6. The molecule has 0 spiro atoms. The van der Waals surface area contributed by atoms with Crippen molar-refractivity contribution in [1.29, 1.82) is 15.8 Å². The van der Waals surface area contributed by atoms with Crippen LogP contribution in [0.25, 0.3) is 17.4 Å². The van der Waals surface area contributed by atoms with Crippen molar-refractivity contribution in [3.05, 3.63) is 64.0 Å². The van der Waals surface area contributed by atoms with Gasteiger partial charge in [0.15, 0.2) is 5.57 Å². The Balaban J connectivity index is 2.39. The number of nitrogens with two attached hydrogens (primary N) is 1. The summed E-state index contributed by atoms with van der Waals surface area (Å²) in [6.07, 6.45) is 1.38. The molecular formula is C17H9ClN4O. The van der Waals surface area contributed by atoms with Gasteiger partial charge in [-0.25, -0.2) is 0 Å². The van der Waals surface area contributed by atoms with E-state index >= 15 is 0 Å². The van der Waals surface area contributed by atoms with Gasteiger partial charge in [-0.2, -0.15) is 15.8 Å². The van der Waals surface area contributed by atoms with Crippen LogP contribution in [-0.2, 0) is 0 Å². The largest absolute Gasteiger partial charge is 0.457 e. The smallest absolute Gasteiger partial charge is 0.153 e. The summed E-state index contributed by atoms with van der Waals surface area (Å²) in [5.74, 6) is 0.971. The zero-order valence-electron chi connectivity index (χ0n) is 11.7. The first kappa shape index (κ1) is 15.9. The Morgan fingerprint density at radius 3 is 2.22 bits per heavy atom. The monoisotopic (exact) mass is 320 g/mol. The van der Waals surface area contributed by atoms with Crippen molar-refractivity contribution in [2.24, 2.45) is 5.73 Å². The number of furan rings is 1. The van der Waals surface area contributed by atoms with Gasteiger partial charge in [-0.3, -0.25) is 0 Å². The molecule has 0 fully saturated rings. The summed E-state index contributed by atoms with van der Waals surface area (Å²) in [5.41, 5.74) is 5.98. The van der Waals surface area contributed by atoms with Crippen LogP contribution < -0.4 is 5.73 Å². The number of hydrogen-bond donors (Lipinski definition) is 1. The van der Waals surface area contributed by atoms with Crippen molar-refractivity contribution < 1.29 is 4.42 Å². The fourth-order valence-electron chi connectivity index (χ4n) is 1.79. The molecule has 2 rings (SSSR count). The van der Waals surface area contributed by atoms with Gasteiger partial charge < -0.3 is 10.2 Å². The summed E-state index contributed by atoms with van der Waals surface area (Å²) in [7, 11) is 0. The minimum atomic E-state index is -0.317. The number of nitriles is 3. The van der Waals surface area contributed by atoms with Gasteiger partial charge in [-0.15, -0.1) is 0 Å². The average molecular weight is 321 g/mol. The summed E-state index contributed by atoms with van der Waals surface area (Å²) in [5, 5.41) is 27.4. The third kappa shape index (κ3) is 3.60. The molecule has 2 N–H and O–H groups in total. The molecule has 0 bridgehead atoms. The van der Waals surface area contributed by atoms with Gasteiger partial charge in [0.2, 0.25) is 0 Å². The van der Waals surface area contributed by atoms with Gasteiger partial charge in [0.05, 0.1) is 11.3 Å². The van der Waals surface area contributed by atoms with E-state index in [9.17, 15) is 0 Å². The van der Waals surface area contributed by atoms with Crippen LogP contribution in [0.5, 0.6) is 0 Å². The highest BCUT2D eigenvalue weighted by molar-refractivity contribution is 6.30. The van der Waals surface area contributed by atoms with Crippen LogP contribution >= 0.6 is 11.6 Å². The Morgan fingerprint density at radius 1 is 1.00 bits per heavy atom. The Kier molecular flexibility index (Phi) is 4.85. The van der Waals surface area contributed by atoms with E-state index in [1.165, 1.54) is 6.08 Å². The fraction of sp³-hybridized carbons (Fsp3) is 0. The standard InChI is InChI=1S/C17H9ClN4O/c18-14-3-1-11(2-4-14)16-6-5-15(23-16)7-12(8-19)17(22)13(9-20)10-21/h1-7H,22H2. The number of nitrogens with zero attached hydrogens (tertiary/aromatic N) is 3. The maximum Gasteiger partial charge on any atom is 0.153 e. The van der Waals surface area contributed by atoms with E-state index in [1.54, 1.807) is 48.5 Å². The normalized spacial score (nSPS) is 10.3. The summed E-state index contributed by atoms with van der Waals surface area (Å²) < 4.78 is 5.62. The third-order valence-electron chi connectivity index (χ3n) is 2.95. The lowest BCUT2D eigenvalue weighted by atomic mass is 10.1. The van der Waals surface area contributed by atoms with E-state index < -0.39 is 0 Å². The molecule has 0 aliphatic rings. The maximum absolute atomic E-state index is 9.14. The minimum absolute atomic E-state index is 0.0138. The van der Waals surface area contributed by atoms with Gasteiger partial charge in [0, 0.05) is 16.7 Å². The molecular weight excluding hydrogens is 312 g/mol. The van der Waals surface area contributed by atoms with Crippen molar-refractivity contribution in [2.75, 3.05) is 0 Å². The SMILES string of the molecule is N#CC(=Cc1ccc(-c2ccc(Cl)cc2)o1)C(N)=C(C#N)C#N. The highest BCUT2D eigenvalue weighted by atomic mass is 35.5. The predicted octanol–water partition coefficient (Wildman–Crippen LogP) is 3.77.